The van der Waals surface area contributed by atoms with E-state index >= 15 is 0 Å². The van der Waals surface area contributed by atoms with Crippen molar-refractivity contribution in [3.63, 3.8) is 0 Å². The maximum absolute atomic E-state index is 5.07. The zero-order valence-corrected chi connectivity index (χ0v) is 26.6. The monoisotopic (exact) mass is 601 g/mol. The lowest BCUT2D eigenvalue weighted by Crippen LogP contribution is -2.07. The molecular formula is C41H35N3S. The quantitative estimate of drug-likeness (QED) is 0.0755. The van der Waals surface area contributed by atoms with Gasteiger partial charge in [0, 0.05) is 31.3 Å². The van der Waals surface area contributed by atoms with Gasteiger partial charge in [0.05, 0.1) is 6.54 Å². The topological polar surface area (TPSA) is 37.1 Å². The molecule has 5 aromatic carbocycles. The lowest BCUT2D eigenvalue weighted by atomic mass is 9.92. The highest BCUT2D eigenvalue weighted by atomic mass is 32.1. The summed E-state index contributed by atoms with van der Waals surface area (Å²) in [4.78, 5) is 14.4. The van der Waals surface area contributed by atoms with Crippen molar-refractivity contribution in [2.75, 3.05) is 6.54 Å². The molecule has 1 aliphatic rings. The molecule has 0 N–H and O–H groups in total. The van der Waals surface area contributed by atoms with Crippen LogP contribution in [-0.2, 0) is 0 Å². The molecule has 6 aromatic rings. The fraction of sp³-hybridized carbons (Fsp3) is 0.146. The zero-order chi connectivity index (χ0) is 30.8. The standard InChI is InChI=1S/C41H35N3S/c1-4-12-28(13-5-2)40(42-3)44-41(43-26-27-14-7-6-8-15-27)31-17-9-16-29(24-31)30-22-23-32-33-18-10-20-36-38(33)39-34(35(32)25-30)19-11-21-37(39)45-36/h4,6-7,9-14,16-25H,3,5,8,15,26H2,1-2H3/b12-4-,28-13+,43-41?,44-40?. The third kappa shape index (κ3) is 5.47. The van der Waals surface area contributed by atoms with Gasteiger partial charge in [-0.15, -0.1) is 11.3 Å². The first-order valence-corrected chi connectivity index (χ1v) is 16.5. The molecule has 220 valence electrons. The van der Waals surface area contributed by atoms with Crippen molar-refractivity contribution in [3.8, 4) is 11.1 Å². The van der Waals surface area contributed by atoms with E-state index in [0.717, 1.165) is 36.0 Å². The second kappa shape index (κ2) is 12.6. The summed E-state index contributed by atoms with van der Waals surface area (Å²) in [5, 5.41) is 7.98. The van der Waals surface area contributed by atoms with Gasteiger partial charge in [0.1, 0.15) is 0 Å². The smallest absolute Gasteiger partial charge is 0.160 e. The molecule has 0 amide bonds. The van der Waals surface area contributed by atoms with E-state index < -0.39 is 0 Å². The van der Waals surface area contributed by atoms with Crippen LogP contribution in [-0.4, -0.2) is 24.9 Å². The summed E-state index contributed by atoms with van der Waals surface area (Å²) < 4.78 is 2.70. The zero-order valence-electron chi connectivity index (χ0n) is 25.8. The molecule has 0 spiro atoms. The van der Waals surface area contributed by atoms with Crippen molar-refractivity contribution in [1.82, 2.24) is 0 Å². The molecule has 45 heavy (non-hydrogen) atoms. The SMILES string of the molecule is C=NC(=NC(=NCC1=CC=CCC1)c1cccc(-c2ccc3c(c2)c2cccc4sc5cccc3c5c42)c1)C(/C=C\C)=C/CC. The average Bonchev–Trinajstić information content (AvgIpc) is 3.48. The molecule has 0 saturated heterocycles. The highest BCUT2D eigenvalue weighted by Gasteiger charge is 2.16. The molecule has 0 radical (unpaired) electrons. The van der Waals surface area contributed by atoms with Gasteiger partial charge >= 0.3 is 0 Å². The molecule has 0 bridgehead atoms. The molecule has 1 aromatic heterocycles. The number of thiophene rings is 1. The molecule has 7 rings (SSSR count). The van der Waals surface area contributed by atoms with Gasteiger partial charge in [0.15, 0.2) is 11.7 Å². The molecule has 0 fully saturated rings. The number of amidine groups is 2. The number of hydrogen-bond acceptors (Lipinski definition) is 2. The minimum absolute atomic E-state index is 0.583. The summed E-state index contributed by atoms with van der Waals surface area (Å²) in [5.41, 5.74) is 5.51. The van der Waals surface area contributed by atoms with Crippen LogP contribution in [0.25, 0.3) is 52.8 Å². The number of fused-ring (bicyclic) bond motifs is 3. The summed E-state index contributed by atoms with van der Waals surface area (Å²) in [6, 6.07) is 28.9. The Kier molecular flexibility index (Phi) is 8.06. The Morgan fingerprint density at radius 2 is 1.62 bits per heavy atom. The van der Waals surface area contributed by atoms with E-state index in [-0.39, 0.29) is 0 Å². The summed E-state index contributed by atoms with van der Waals surface area (Å²) in [6.45, 7) is 8.58. The van der Waals surface area contributed by atoms with E-state index in [1.807, 2.05) is 30.4 Å². The van der Waals surface area contributed by atoms with Crippen LogP contribution in [0.2, 0.25) is 0 Å². The minimum Gasteiger partial charge on any atom is -0.262 e. The van der Waals surface area contributed by atoms with Gasteiger partial charge in [0.2, 0.25) is 0 Å². The van der Waals surface area contributed by atoms with Gasteiger partial charge in [-0.05, 0) is 95.4 Å². The van der Waals surface area contributed by atoms with E-state index in [0.29, 0.717) is 18.2 Å². The Morgan fingerprint density at radius 1 is 0.867 bits per heavy atom. The summed E-state index contributed by atoms with van der Waals surface area (Å²) in [5.74, 6) is 1.25. The largest absolute Gasteiger partial charge is 0.262 e. The Morgan fingerprint density at radius 3 is 2.33 bits per heavy atom. The van der Waals surface area contributed by atoms with E-state index in [9.17, 15) is 0 Å². The highest BCUT2D eigenvalue weighted by Crippen LogP contribution is 2.45. The first-order chi connectivity index (χ1) is 22.2. The van der Waals surface area contributed by atoms with Gasteiger partial charge in [0.25, 0.3) is 0 Å². The van der Waals surface area contributed by atoms with Crippen LogP contribution in [0.4, 0.5) is 0 Å². The lowest BCUT2D eigenvalue weighted by Gasteiger charge is -2.12. The second-order valence-corrected chi connectivity index (χ2v) is 12.5. The molecule has 0 saturated carbocycles. The number of hydrogen-bond donors (Lipinski definition) is 0. The van der Waals surface area contributed by atoms with Crippen LogP contribution in [0.5, 0.6) is 0 Å². The molecule has 0 atom stereocenters. The van der Waals surface area contributed by atoms with Crippen molar-refractivity contribution < 1.29 is 0 Å². The first kappa shape index (κ1) is 28.8. The molecule has 4 heteroatoms. The van der Waals surface area contributed by atoms with Gasteiger partial charge in [-0.25, -0.2) is 9.98 Å². The van der Waals surface area contributed by atoms with E-state index in [1.165, 1.54) is 52.9 Å². The van der Waals surface area contributed by atoms with Crippen LogP contribution in [0.1, 0.15) is 38.7 Å². The number of rotatable bonds is 7. The number of benzene rings is 5. The summed E-state index contributed by atoms with van der Waals surface area (Å²) in [7, 11) is 0. The van der Waals surface area contributed by atoms with E-state index in [1.54, 1.807) is 0 Å². The Hall–Kier alpha value is -4.93. The van der Waals surface area contributed by atoms with Crippen molar-refractivity contribution >= 4 is 71.4 Å². The number of aliphatic imine (C=N–C) groups is 3. The highest BCUT2D eigenvalue weighted by molar-refractivity contribution is 7.26. The fourth-order valence-corrected chi connectivity index (χ4v) is 7.57. The number of nitrogens with zero attached hydrogens (tertiary/aromatic N) is 3. The maximum atomic E-state index is 5.07. The van der Waals surface area contributed by atoms with Crippen molar-refractivity contribution in [2.45, 2.75) is 33.1 Å². The van der Waals surface area contributed by atoms with Gasteiger partial charge in [-0.1, -0.05) is 98.0 Å². The Balaban J connectivity index is 1.36. The fourth-order valence-electron chi connectivity index (χ4n) is 6.41. The van der Waals surface area contributed by atoms with Crippen LogP contribution >= 0.6 is 11.3 Å². The van der Waals surface area contributed by atoms with Crippen molar-refractivity contribution in [1.29, 1.82) is 0 Å². The number of allylic oxidation sites excluding steroid dienone is 5. The van der Waals surface area contributed by atoms with Gasteiger partial charge < -0.3 is 0 Å². The molecule has 1 heterocycles. The van der Waals surface area contributed by atoms with Crippen LogP contribution < -0.4 is 0 Å². The summed E-state index contributed by atoms with van der Waals surface area (Å²) >= 11 is 1.88. The molecule has 1 aliphatic carbocycles. The second-order valence-electron chi connectivity index (χ2n) is 11.4. The van der Waals surface area contributed by atoms with Gasteiger partial charge in [-0.3, -0.25) is 4.99 Å². The first-order valence-electron chi connectivity index (χ1n) is 15.7. The average molecular weight is 602 g/mol. The van der Waals surface area contributed by atoms with Gasteiger partial charge in [-0.2, -0.15) is 0 Å². The molecule has 0 aliphatic heterocycles. The van der Waals surface area contributed by atoms with Crippen LogP contribution in [0.3, 0.4) is 0 Å². The third-order valence-electron chi connectivity index (χ3n) is 8.50. The molecule has 0 unspecified atom stereocenters. The van der Waals surface area contributed by atoms with Crippen LogP contribution in [0.15, 0.2) is 141 Å². The lowest BCUT2D eigenvalue weighted by molar-refractivity contribution is 0.915. The maximum Gasteiger partial charge on any atom is 0.160 e. The van der Waals surface area contributed by atoms with Crippen molar-refractivity contribution in [3.05, 3.63) is 132 Å². The predicted octanol–water partition coefficient (Wildman–Crippen LogP) is 11.5. The third-order valence-corrected chi connectivity index (χ3v) is 9.62. The normalized spacial score (nSPS) is 14.9. The Labute approximate surface area is 268 Å². The van der Waals surface area contributed by atoms with Crippen molar-refractivity contribution in [2.24, 2.45) is 15.0 Å². The van der Waals surface area contributed by atoms with Crippen LogP contribution in [0, 0.1) is 0 Å². The predicted molar refractivity (Wildman–Crippen MR) is 199 cm³/mol. The van der Waals surface area contributed by atoms with E-state index in [4.69, 9.17) is 9.98 Å². The summed E-state index contributed by atoms with van der Waals surface area (Å²) in [6.07, 6.45) is 15.6. The Bertz CT molecular complexity index is 2250. The van der Waals surface area contributed by atoms with E-state index in [2.05, 4.69) is 122 Å². The minimum atomic E-state index is 0.583. The molecule has 3 nitrogen and oxygen atoms in total. The molecular weight excluding hydrogens is 567 g/mol.